The highest BCUT2D eigenvalue weighted by molar-refractivity contribution is 9.10. The average molecular weight is 388 g/mol. The molecule has 0 radical (unpaired) electrons. The minimum absolute atomic E-state index is 0.140. The van der Waals surface area contributed by atoms with Gasteiger partial charge in [-0.3, -0.25) is 0 Å². The molecule has 0 amide bonds. The van der Waals surface area contributed by atoms with E-state index in [9.17, 15) is 8.42 Å². The van der Waals surface area contributed by atoms with Crippen molar-refractivity contribution >= 4 is 43.3 Å². The Balaban J connectivity index is 2.23. The number of hydrazone groups is 1. The Morgan fingerprint density at radius 1 is 1.14 bits per heavy atom. The van der Waals surface area contributed by atoms with Crippen molar-refractivity contribution in [2.75, 3.05) is 0 Å². The Morgan fingerprint density at radius 2 is 1.76 bits per heavy atom. The van der Waals surface area contributed by atoms with Gasteiger partial charge in [-0.2, -0.15) is 18.4 Å². The van der Waals surface area contributed by atoms with E-state index in [1.54, 1.807) is 37.3 Å². The third kappa shape index (κ3) is 4.06. The maximum Gasteiger partial charge on any atom is 0.276 e. The third-order valence-corrected chi connectivity index (χ3v) is 4.80. The van der Waals surface area contributed by atoms with Crippen LogP contribution >= 0.6 is 27.5 Å². The summed E-state index contributed by atoms with van der Waals surface area (Å²) in [4.78, 5) is 2.35. The Morgan fingerprint density at radius 3 is 2.38 bits per heavy atom. The molecule has 0 bridgehead atoms. The zero-order valence-electron chi connectivity index (χ0n) is 11.0. The summed E-state index contributed by atoms with van der Waals surface area (Å²) < 4.78 is 25.0. The molecule has 0 aliphatic heterocycles. The molecule has 0 aliphatic carbocycles. The van der Waals surface area contributed by atoms with Crippen molar-refractivity contribution in [1.29, 1.82) is 0 Å². The molecule has 21 heavy (non-hydrogen) atoms. The van der Waals surface area contributed by atoms with E-state index in [-0.39, 0.29) is 4.90 Å². The van der Waals surface area contributed by atoms with E-state index in [0.29, 0.717) is 16.3 Å². The summed E-state index contributed by atoms with van der Waals surface area (Å²) in [5.41, 5.74) is 1.17. The number of benzene rings is 2. The smallest absolute Gasteiger partial charge is 0.200 e. The quantitative estimate of drug-likeness (QED) is 0.640. The van der Waals surface area contributed by atoms with E-state index < -0.39 is 10.0 Å². The molecular formula is C14H12BrClN2O2S. The number of nitrogens with zero attached hydrogens (tertiary/aromatic N) is 1. The van der Waals surface area contributed by atoms with Gasteiger partial charge in [0.1, 0.15) is 0 Å². The van der Waals surface area contributed by atoms with Crippen LogP contribution in [0.1, 0.15) is 12.5 Å². The SMILES string of the molecule is CC(=NNS(=O)(=O)c1ccc(Br)cc1)c1ccccc1Cl. The lowest BCUT2D eigenvalue weighted by Crippen LogP contribution is -2.20. The highest BCUT2D eigenvalue weighted by Crippen LogP contribution is 2.17. The first-order chi connectivity index (χ1) is 9.90. The molecule has 0 atom stereocenters. The first-order valence-electron chi connectivity index (χ1n) is 5.97. The molecule has 4 nitrogen and oxygen atoms in total. The van der Waals surface area contributed by atoms with Gasteiger partial charge in [-0.15, -0.1) is 0 Å². The van der Waals surface area contributed by atoms with Gasteiger partial charge < -0.3 is 0 Å². The standard InChI is InChI=1S/C14H12BrClN2O2S/c1-10(13-4-2-3-5-14(13)16)17-18-21(19,20)12-8-6-11(15)7-9-12/h2-9,18H,1H3. The van der Waals surface area contributed by atoms with Crippen LogP contribution < -0.4 is 4.83 Å². The van der Waals surface area contributed by atoms with Gasteiger partial charge in [0.15, 0.2) is 0 Å². The number of nitrogens with one attached hydrogen (secondary N) is 1. The summed E-state index contributed by atoms with van der Waals surface area (Å²) in [7, 11) is -3.69. The molecule has 0 aliphatic rings. The van der Waals surface area contributed by atoms with Crippen LogP contribution in [0, 0.1) is 0 Å². The van der Waals surface area contributed by atoms with Crippen molar-refractivity contribution in [3.05, 3.63) is 63.6 Å². The maximum absolute atomic E-state index is 12.1. The lowest BCUT2D eigenvalue weighted by Gasteiger charge is -2.06. The van der Waals surface area contributed by atoms with Crippen molar-refractivity contribution in [2.45, 2.75) is 11.8 Å². The third-order valence-electron chi connectivity index (χ3n) is 2.72. The molecule has 2 aromatic rings. The molecule has 0 saturated carbocycles. The summed E-state index contributed by atoms with van der Waals surface area (Å²) in [6, 6.07) is 13.4. The van der Waals surface area contributed by atoms with Gasteiger partial charge in [0.05, 0.1) is 10.6 Å². The second-order valence-corrected chi connectivity index (χ2v) is 7.21. The van der Waals surface area contributed by atoms with E-state index in [1.165, 1.54) is 12.1 Å². The summed E-state index contributed by atoms with van der Waals surface area (Å²) in [5, 5.41) is 4.42. The molecule has 2 rings (SSSR count). The van der Waals surface area contributed by atoms with Gasteiger partial charge in [-0.05, 0) is 37.3 Å². The molecule has 0 spiro atoms. The Hall–Kier alpha value is -1.37. The highest BCUT2D eigenvalue weighted by atomic mass is 79.9. The van der Waals surface area contributed by atoms with Crippen molar-refractivity contribution in [1.82, 2.24) is 4.83 Å². The predicted molar refractivity (Wildman–Crippen MR) is 88.1 cm³/mol. The summed E-state index contributed by atoms with van der Waals surface area (Å²) >= 11 is 9.30. The topological polar surface area (TPSA) is 58.5 Å². The maximum atomic E-state index is 12.1. The molecule has 0 unspecified atom stereocenters. The van der Waals surface area contributed by atoms with Crippen LogP contribution in [0.15, 0.2) is 63.0 Å². The van der Waals surface area contributed by atoms with Crippen LogP contribution in [0.5, 0.6) is 0 Å². The van der Waals surface area contributed by atoms with E-state index in [4.69, 9.17) is 11.6 Å². The van der Waals surface area contributed by atoms with E-state index in [1.807, 2.05) is 6.07 Å². The van der Waals surface area contributed by atoms with E-state index >= 15 is 0 Å². The van der Waals surface area contributed by atoms with Gasteiger partial charge in [0, 0.05) is 15.1 Å². The van der Waals surface area contributed by atoms with Crippen LogP contribution in [0.3, 0.4) is 0 Å². The normalized spacial score (nSPS) is 12.2. The summed E-state index contributed by atoms with van der Waals surface area (Å²) in [5.74, 6) is 0. The van der Waals surface area contributed by atoms with Crippen LogP contribution in [-0.4, -0.2) is 14.1 Å². The minimum atomic E-state index is -3.69. The molecule has 7 heteroatoms. The second-order valence-electron chi connectivity index (χ2n) is 4.23. The van der Waals surface area contributed by atoms with Crippen LogP contribution in [0.25, 0.3) is 0 Å². The van der Waals surface area contributed by atoms with Crippen molar-refractivity contribution < 1.29 is 8.42 Å². The molecule has 0 heterocycles. The Labute approximate surface area is 137 Å². The number of hydrogen-bond acceptors (Lipinski definition) is 3. The fraction of sp³-hybridized carbons (Fsp3) is 0.0714. The molecule has 2 aromatic carbocycles. The van der Waals surface area contributed by atoms with Crippen LogP contribution in [-0.2, 0) is 10.0 Å². The van der Waals surface area contributed by atoms with Gasteiger partial charge in [-0.25, -0.2) is 0 Å². The fourth-order valence-electron chi connectivity index (χ4n) is 1.61. The zero-order chi connectivity index (χ0) is 15.5. The molecule has 110 valence electrons. The van der Waals surface area contributed by atoms with Gasteiger partial charge in [0.25, 0.3) is 10.0 Å². The molecular weight excluding hydrogens is 376 g/mol. The van der Waals surface area contributed by atoms with Crippen LogP contribution in [0.2, 0.25) is 5.02 Å². The number of halogens is 2. The predicted octanol–water partition coefficient (Wildman–Crippen LogP) is 3.81. The molecule has 0 fully saturated rings. The molecule has 1 N–H and O–H groups in total. The Bertz CT molecular complexity index is 774. The van der Waals surface area contributed by atoms with Crippen molar-refractivity contribution in [3.63, 3.8) is 0 Å². The average Bonchev–Trinajstić information content (AvgIpc) is 2.46. The lowest BCUT2D eigenvalue weighted by molar-refractivity contribution is 0.584. The number of rotatable bonds is 4. The van der Waals surface area contributed by atoms with Gasteiger partial charge in [0.2, 0.25) is 0 Å². The van der Waals surface area contributed by atoms with Crippen LogP contribution in [0.4, 0.5) is 0 Å². The first-order valence-corrected chi connectivity index (χ1v) is 8.62. The lowest BCUT2D eigenvalue weighted by atomic mass is 10.1. The Kier molecular flexibility index (Phi) is 5.03. The first kappa shape index (κ1) is 16.0. The largest absolute Gasteiger partial charge is 0.276 e. The second kappa shape index (κ2) is 6.60. The monoisotopic (exact) mass is 386 g/mol. The fourth-order valence-corrected chi connectivity index (χ4v) is 3.00. The number of sulfonamides is 1. The molecule has 0 saturated heterocycles. The minimum Gasteiger partial charge on any atom is -0.200 e. The van der Waals surface area contributed by atoms with Crippen molar-refractivity contribution in [3.8, 4) is 0 Å². The van der Waals surface area contributed by atoms with Gasteiger partial charge >= 0.3 is 0 Å². The van der Waals surface area contributed by atoms with Gasteiger partial charge in [-0.1, -0.05) is 45.7 Å². The van der Waals surface area contributed by atoms with E-state index in [2.05, 4.69) is 25.9 Å². The summed E-state index contributed by atoms with van der Waals surface area (Å²) in [6.45, 7) is 1.69. The number of hydrogen-bond donors (Lipinski definition) is 1. The highest BCUT2D eigenvalue weighted by Gasteiger charge is 2.13. The zero-order valence-corrected chi connectivity index (χ0v) is 14.2. The van der Waals surface area contributed by atoms with Crippen molar-refractivity contribution in [2.24, 2.45) is 5.10 Å². The summed E-state index contributed by atoms with van der Waals surface area (Å²) in [6.07, 6.45) is 0. The van der Waals surface area contributed by atoms with E-state index in [0.717, 1.165) is 4.47 Å². The molecule has 0 aromatic heterocycles.